The van der Waals surface area contributed by atoms with Crippen molar-refractivity contribution >= 4 is 15.7 Å². The van der Waals surface area contributed by atoms with Gasteiger partial charge in [0, 0.05) is 0 Å². The molecule has 4 radical (unpaired) electrons. The zero-order valence-electron chi connectivity index (χ0n) is 6.86. The van der Waals surface area contributed by atoms with Crippen LogP contribution < -0.4 is 0 Å². The second kappa shape index (κ2) is 2.40. The van der Waals surface area contributed by atoms with Crippen molar-refractivity contribution in [2.24, 2.45) is 5.41 Å². The highest BCUT2D eigenvalue weighted by Gasteiger charge is 2.19. The third-order valence-corrected chi connectivity index (χ3v) is 0.911. The van der Waals surface area contributed by atoms with Crippen LogP contribution in [0, 0.1) is 5.41 Å². The summed E-state index contributed by atoms with van der Waals surface area (Å²) in [5.74, 6) is 0. The first kappa shape index (κ1) is 9.13. The van der Waals surface area contributed by atoms with Gasteiger partial charge < -0.3 is 0 Å². The Kier molecular flexibility index (Phi) is 2.43. The number of rotatable bonds is 1. The van der Waals surface area contributed by atoms with E-state index in [1.165, 1.54) is 0 Å². The van der Waals surface area contributed by atoms with Gasteiger partial charge in [0.15, 0.2) is 0 Å². The van der Waals surface area contributed by atoms with Gasteiger partial charge in [-0.3, -0.25) is 0 Å². The molecule has 0 N–H and O–H groups in total. The predicted molar refractivity (Wildman–Crippen MR) is 43.9 cm³/mol. The van der Waals surface area contributed by atoms with Crippen LogP contribution in [0.4, 0.5) is 0 Å². The molecule has 0 unspecified atom stereocenters. The third-order valence-electron chi connectivity index (χ3n) is 0.911. The van der Waals surface area contributed by atoms with Crippen LogP contribution >= 0.6 is 0 Å². The lowest BCUT2D eigenvalue weighted by Crippen LogP contribution is -2.17. The molecule has 0 aromatic rings. The average Bonchev–Trinajstić information content (AvgIpc) is 1.14. The molecule has 0 aliphatic rings. The van der Waals surface area contributed by atoms with E-state index in [-0.39, 0.29) is 5.41 Å². The van der Waals surface area contributed by atoms with E-state index in [4.69, 9.17) is 15.7 Å². The van der Waals surface area contributed by atoms with Gasteiger partial charge in [-0.15, -0.1) is 5.21 Å². The minimum atomic E-state index is -0.516. The highest BCUT2D eigenvalue weighted by atomic mass is 14.2. The third kappa shape index (κ3) is 8.13. The molecule has 0 spiro atoms. The van der Waals surface area contributed by atoms with Crippen LogP contribution in [0.25, 0.3) is 0 Å². The number of hydrogen-bond donors (Lipinski definition) is 0. The van der Waals surface area contributed by atoms with Crippen molar-refractivity contribution < 1.29 is 0 Å². The molecular weight excluding hydrogens is 106 g/mol. The molecule has 0 bridgehead atoms. The Morgan fingerprint density at radius 3 is 1.33 bits per heavy atom. The summed E-state index contributed by atoms with van der Waals surface area (Å²) in [4.78, 5) is 0. The molecule has 0 amide bonds. The van der Waals surface area contributed by atoms with Gasteiger partial charge in [-0.1, -0.05) is 34.1 Å². The molecule has 0 atom stereocenters. The van der Waals surface area contributed by atoms with Crippen molar-refractivity contribution in [3.05, 3.63) is 0 Å². The van der Waals surface area contributed by atoms with Crippen LogP contribution in [-0.2, 0) is 0 Å². The first-order chi connectivity index (χ1) is 3.71. The van der Waals surface area contributed by atoms with Crippen LogP contribution in [0.5, 0.6) is 0 Å². The SMILES string of the molecule is [B]C([B])(C)CC(C)(C)C. The molecule has 2 heteroatoms. The Labute approximate surface area is 61.2 Å². The van der Waals surface area contributed by atoms with Gasteiger partial charge in [-0.05, 0) is 5.41 Å². The summed E-state index contributed by atoms with van der Waals surface area (Å²) in [6.07, 6.45) is 0.847. The molecule has 0 heterocycles. The maximum Gasteiger partial charge on any atom is 0.0617 e. The Hall–Kier alpha value is 0.130. The maximum atomic E-state index is 5.60. The van der Waals surface area contributed by atoms with E-state index in [1.807, 2.05) is 6.92 Å². The second-order valence-electron chi connectivity index (χ2n) is 4.24. The fourth-order valence-corrected chi connectivity index (χ4v) is 1.14. The van der Waals surface area contributed by atoms with Crippen molar-refractivity contribution in [1.29, 1.82) is 0 Å². The van der Waals surface area contributed by atoms with Crippen LogP contribution in [-0.4, -0.2) is 15.7 Å². The van der Waals surface area contributed by atoms with Crippen molar-refractivity contribution in [3.8, 4) is 0 Å². The van der Waals surface area contributed by atoms with Gasteiger partial charge >= 0.3 is 0 Å². The van der Waals surface area contributed by atoms with Crippen LogP contribution in [0.3, 0.4) is 0 Å². The zero-order chi connectivity index (χ0) is 7.71. The Morgan fingerprint density at radius 2 is 1.33 bits per heavy atom. The van der Waals surface area contributed by atoms with Gasteiger partial charge in [-0.25, -0.2) is 0 Å². The second-order valence-corrected chi connectivity index (χ2v) is 4.24. The molecule has 0 fully saturated rings. The first-order valence-corrected chi connectivity index (χ1v) is 3.28. The van der Waals surface area contributed by atoms with Crippen LogP contribution in [0.1, 0.15) is 34.1 Å². The van der Waals surface area contributed by atoms with Gasteiger partial charge in [0.05, 0.1) is 15.7 Å². The highest BCUT2D eigenvalue weighted by molar-refractivity contribution is 6.39. The molecule has 9 heavy (non-hydrogen) atoms. The molecular formula is C7H14B2. The van der Waals surface area contributed by atoms with Gasteiger partial charge in [-0.2, -0.15) is 0 Å². The first-order valence-electron chi connectivity index (χ1n) is 3.28. The molecule has 0 rings (SSSR count). The predicted octanol–water partition coefficient (Wildman–Crippen LogP) is 1.90. The van der Waals surface area contributed by atoms with E-state index in [0.717, 1.165) is 6.42 Å². The molecule has 0 aliphatic heterocycles. The molecule has 48 valence electrons. The van der Waals surface area contributed by atoms with Crippen molar-refractivity contribution in [2.75, 3.05) is 0 Å². The standard InChI is InChI=1S/C7H14B2/c1-6(2,3)5-7(4,8)9/h5H2,1-4H3. The van der Waals surface area contributed by atoms with Crippen molar-refractivity contribution in [1.82, 2.24) is 0 Å². The van der Waals surface area contributed by atoms with Crippen LogP contribution in [0.2, 0.25) is 5.21 Å². The summed E-state index contributed by atoms with van der Waals surface area (Å²) in [5, 5.41) is -0.516. The lowest BCUT2D eigenvalue weighted by Gasteiger charge is -2.29. The van der Waals surface area contributed by atoms with Gasteiger partial charge in [0.1, 0.15) is 0 Å². The fourth-order valence-electron chi connectivity index (χ4n) is 1.14. The zero-order valence-corrected chi connectivity index (χ0v) is 6.86. The summed E-state index contributed by atoms with van der Waals surface area (Å²) >= 11 is 0. The molecule has 0 saturated heterocycles. The summed E-state index contributed by atoms with van der Waals surface area (Å²) in [6.45, 7) is 8.24. The normalized spacial score (nSPS) is 13.8. The Balaban J connectivity index is 3.75. The highest BCUT2D eigenvalue weighted by Crippen LogP contribution is 2.32. The lowest BCUT2D eigenvalue weighted by atomic mass is 9.51. The summed E-state index contributed by atoms with van der Waals surface area (Å²) in [7, 11) is 11.2. The maximum absolute atomic E-state index is 5.60. The summed E-state index contributed by atoms with van der Waals surface area (Å²) < 4.78 is 0. The van der Waals surface area contributed by atoms with Crippen molar-refractivity contribution in [3.63, 3.8) is 0 Å². The minimum Gasteiger partial charge on any atom is -0.101 e. The van der Waals surface area contributed by atoms with E-state index in [1.54, 1.807) is 0 Å². The lowest BCUT2D eigenvalue weighted by molar-refractivity contribution is 0.359. The number of hydrogen-bond acceptors (Lipinski definition) is 0. The smallest absolute Gasteiger partial charge is 0.0617 e. The largest absolute Gasteiger partial charge is 0.101 e. The van der Waals surface area contributed by atoms with Gasteiger partial charge in [0.25, 0.3) is 0 Å². The summed E-state index contributed by atoms with van der Waals surface area (Å²) in [6, 6.07) is 0. The van der Waals surface area contributed by atoms with E-state index in [0.29, 0.717) is 0 Å². The molecule has 0 nitrogen and oxygen atoms in total. The van der Waals surface area contributed by atoms with E-state index in [9.17, 15) is 0 Å². The summed E-state index contributed by atoms with van der Waals surface area (Å²) in [5.41, 5.74) is 0.234. The Morgan fingerprint density at radius 1 is 1.00 bits per heavy atom. The topological polar surface area (TPSA) is 0 Å². The molecule has 0 aromatic carbocycles. The molecule has 0 aromatic heterocycles. The van der Waals surface area contributed by atoms with Gasteiger partial charge in [0.2, 0.25) is 0 Å². The quantitative estimate of drug-likeness (QED) is 0.463. The van der Waals surface area contributed by atoms with E-state index < -0.39 is 5.21 Å². The minimum absolute atomic E-state index is 0.234. The monoisotopic (exact) mass is 120 g/mol. The average molecular weight is 120 g/mol. The van der Waals surface area contributed by atoms with Crippen LogP contribution in [0.15, 0.2) is 0 Å². The molecule has 0 aliphatic carbocycles. The fraction of sp³-hybridized carbons (Fsp3) is 1.00. The molecule has 0 saturated carbocycles. The van der Waals surface area contributed by atoms with E-state index >= 15 is 0 Å². The Bertz CT molecular complexity index is 72.1. The van der Waals surface area contributed by atoms with Crippen molar-refractivity contribution in [2.45, 2.75) is 39.3 Å². The van der Waals surface area contributed by atoms with E-state index in [2.05, 4.69) is 20.8 Å².